The van der Waals surface area contributed by atoms with Gasteiger partial charge in [0.15, 0.2) is 6.04 Å². The highest BCUT2D eigenvalue weighted by Crippen LogP contribution is 2.13. The van der Waals surface area contributed by atoms with E-state index in [-0.39, 0.29) is 5.69 Å². The predicted molar refractivity (Wildman–Crippen MR) is 66.4 cm³/mol. The van der Waals surface area contributed by atoms with Crippen molar-refractivity contribution < 1.29 is 14.7 Å². The van der Waals surface area contributed by atoms with Crippen LogP contribution in [0.2, 0.25) is 0 Å². The van der Waals surface area contributed by atoms with E-state index in [0.29, 0.717) is 5.56 Å². The van der Waals surface area contributed by atoms with Gasteiger partial charge in [0, 0.05) is 5.38 Å². The molecule has 1 aromatic carbocycles. The number of carboxylic acid groups (broad SMARTS) is 1. The van der Waals surface area contributed by atoms with Gasteiger partial charge in [0.05, 0.1) is 5.51 Å². The maximum absolute atomic E-state index is 11.8. The van der Waals surface area contributed by atoms with Crippen molar-refractivity contribution in [3.05, 3.63) is 52.5 Å². The molecule has 0 fully saturated rings. The van der Waals surface area contributed by atoms with Crippen LogP contribution >= 0.6 is 11.3 Å². The number of carbonyl (C=O) groups excluding carboxylic acids is 1. The monoisotopic (exact) mass is 262 g/mol. The maximum atomic E-state index is 11.8. The molecule has 0 aliphatic carbocycles. The molecule has 0 aliphatic rings. The third-order valence-electron chi connectivity index (χ3n) is 2.32. The van der Waals surface area contributed by atoms with Crippen molar-refractivity contribution >= 4 is 23.2 Å². The van der Waals surface area contributed by atoms with Gasteiger partial charge >= 0.3 is 5.97 Å². The van der Waals surface area contributed by atoms with Crippen LogP contribution in [0.25, 0.3) is 0 Å². The van der Waals surface area contributed by atoms with Crippen molar-refractivity contribution in [2.24, 2.45) is 0 Å². The van der Waals surface area contributed by atoms with E-state index in [0.717, 1.165) is 0 Å². The highest BCUT2D eigenvalue weighted by molar-refractivity contribution is 7.07. The van der Waals surface area contributed by atoms with Gasteiger partial charge in [0.2, 0.25) is 0 Å². The number of nitrogens with zero attached hydrogens (tertiary/aromatic N) is 1. The fraction of sp³-hybridized carbons (Fsp3) is 0.0833. The molecule has 0 unspecified atom stereocenters. The molecule has 0 aliphatic heterocycles. The van der Waals surface area contributed by atoms with Crippen LogP contribution < -0.4 is 5.32 Å². The summed E-state index contributed by atoms with van der Waals surface area (Å²) >= 11 is 1.28. The quantitative estimate of drug-likeness (QED) is 0.879. The molecule has 0 spiro atoms. The number of aliphatic carboxylic acids is 1. The summed E-state index contributed by atoms with van der Waals surface area (Å²) in [6, 6.07) is 7.46. The first-order valence-corrected chi connectivity index (χ1v) is 6.09. The molecule has 2 N–H and O–H groups in total. The fourth-order valence-electron chi connectivity index (χ4n) is 1.46. The predicted octanol–water partition coefficient (Wildman–Crippen LogP) is 1.70. The second kappa shape index (κ2) is 5.42. The third-order valence-corrected chi connectivity index (χ3v) is 2.91. The van der Waals surface area contributed by atoms with Gasteiger partial charge in [-0.3, -0.25) is 4.79 Å². The van der Waals surface area contributed by atoms with Crippen molar-refractivity contribution in [1.29, 1.82) is 0 Å². The van der Waals surface area contributed by atoms with Crippen molar-refractivity contribution in [2.75, 3.05) is 0 Å². The Labute approximate surface area is 107 Å². The minimum Gasteiger partial charge on any atom is -0.479 e. The van der Waals surface area contributed by atoms with Crippen LogP contribution in [-0.4, -0.2) is 22.0 Å². The Bertz CT molecular complexity index is 540. The number of aromatic nitrogens is 1. The highest BCUT2D eigenvalue weighted by atomic mass is 32.1. The normalized spacial score (nSPS) is 11.8. The average molecular weight is 262 g/mol. The van der Waals surface area contributed by atoms with Crippen LogP contribution in [0.1, 0.15) is 22.1 Å². The molecule has 5 nitrogen and oxygen atoms in total. The number of nitrogens with one attached hydrogen (secondary N) is 1. The van der Waals surface area contributed by atoms with Crippen molar-refractivity contribution in [2.45, 2.75) is 6.04 Å². The lowest BCUT2D eigenvalue weighted by atomic mass is 10.1. The number of hydrogen-bond donors (Lipinski definition) is 2. The zero-order chi connectivity index (χ0) is 13.0. The van der Waals surface area contributed by atoms with Gasteiger partial charge in [0.25, 0.3) is 5.91 Å². The molecule has 0 radical (unpaired) electrons. The molecule has 1 amide bonds. The molecule has 18 heavy (non-hydrogen) atoms. The molecule has 1 aromatic heterocycles. The van der Waals surface area contributed by atoms with Gasteiger partial charge in [-0.2, -0.15) is 0 Å². The smallest absolute Gasteiger partial charge is 0.330 e. The molecule has 1 atom stereocenters. The molecule has 92 valence electrons. The van der Waals surface area contributed by atoms with Crippen LogP contribution in [0.15, 0.2) is 41.2 Å². The topological polar surface area (TPSA) is 79.3 Å². The summed E-state index contributed by atoms with van der Waals surface area (Å²) < 4.78 is 0. The standard InChI is InChI=1S/C12H10N2O3S/c15-11(9-6-18-7-13-9)14-10(12(16)17)8-4-2-1-3-5-8/h1-7,10H,(H,14,15)(H,16,17)/t10-/m1/s1. The van der Waals surface area contributed by atoms with Gasteiger partial charge in [-0.05, 0) is 5.56 Å². The first kappa shape index (κ1) is 12.3. The Morgan fingerprint density at radius 2 is 2.00 bits per heavy atom. The Balaban J connectivity index is 2.18. The van der Waals surface area contributed by atoms with Crippen LogP contribution in [0.3, 0.4) is 0 Å². The number of amides is 1. The summed E-state index contributed by atoms with van der Waals surface area (Å²) in [5, 5.41) is 13.2. The summed E-state index contributed by atoms with van der Waals surface area (Å²) in [5.41, 5.74) is 2.27. The number of thiazole rings is 1. The van der Waals surface area contributed by atoms with Crippen LogP contribution in [-0.2, 0) is 4.79 Å². The van der Waals surface area contributed by atoms with Crippen molar-refractivity contribution in [3.63, 3.8) is 0 Å². The minimum absolute atomic E-state index is 0.224. The largest absolute Gasteiger partial charge is 0.479 e. The molecular formula is C12H10N2O3S. The van der Waals surface area contributed by atoms with E-state index in [1.807, 2.05) is 0 Å². The van der Waals surface area contributed by atoms with Crippen molar-refractivity contribution in [1.82, 2.24) is 10.3 Å². The number of rotatable bonds is 4. The summed E-state index contributed by atoms with van der Waals surface area (Å²) in [7, 11) is 0. The Kier molecular flexibility index (Phi) is 3.69. The summed E-state index contributed by atoms with van der Waals surface area (Å²) in [5.74, 6) is -1.60. The van der Waals surface area contributed by atoms with E-state index in [1.165, 1.54) is 16.8 Å². The van der Waals surface area contributed by atoms with Gasteiger partial charge in [-0.1, -0.05) is 30.3 Å². The molecule has 0 saturated carbocycles. The molecule has 0 bridgehead atoms. The summed E-state index contributed by atoms with van der Waals surface area (Å²) in [6.07, 6.45) is 0. The fourth-order valence-corrected chi connectivity index (χ4v) is 1.99. The van der Waals surface area contributed by atoms with Crippen molar-refractivity contribution in [3.8, 4) is 0 Å². The first-order valence-electron chi connectivity index (χ1n) is 5.15. The molecule has 2 rings (SSSR count). The van der Waals surface area contributed by atoms with E-state index in [1.54, 1.807) is 35.7 Å². The van der Waals surface area contributed by atoms with Gasteiger partial charge in [0.1, 0.15) is 5.69 Å². The zero-order valence-corrected chi connectivity index (χ0v) is 10.1. The lowest BCUT2D eigenvalue weighted by Crippen LogP contribution is -2.33. The lowest BCUT2D eigenvalue weighted by Gasteiger charge is -2.13. The maximum Gasteiger partial charge on any atom is 0.330 e. The first-order chi connectivity index (χ1) is 8.68. The Morgan fingerprint density at radius 1 is 1.28 bits per heavy atom. The second-order valence-corrected chi connectivity index (χ2v) is 4.25. The van der Waals surface area contributed by atoms with Gasteiger partial charge < -0.3 is 10.4 Å². The van der Waals surface area contributed by atoms with E-state index in [2.05, 4.69) is 10.3 Å². The average Bonchev–Trinajstić information content (AvgIpc) is 2.90. The summed E-state index contributed by atoms with van der Waals surface area (Å²) in [4.78, 5) is 26.8. The van der Waals surface area contributed by atoms with Crippen LogP contribution in [0.5, 0.6) is 0 Å². The highest BCUT2D eigenvalue weighted by Gasteiger charge is 2.22. The molecule has 1 heterocycles. The Morgan fingerprint density at radius 3 is 2.56 bits per heavy atom. The van der Waals surface area contributed by atoms with Gasteiger partial charge in [-0.15, -0.1) is 11.3 Å². The second-order valence-electron chi connectivity index (χ2n) is 3.53. The van der Waals surface area contributed by atoms with E-state index >= 15 is 0 Å². The molecule has 6 heteroatoms. The van der Waals surface area contributed by atoms with E-state index < -0.39 is 17.9 Å². The minimum atomic E-state index is -1.11. The molecule has 2 aromatic rings. The number of carboxylic acids is 1. The molecule has 0 saturated heterocycles. The zero-order valence-electron chi connectivity index (χ0n) is 9.24. The number of hydrogen-bond acceptors (Lipinski definition) is 4. The lowest BCUT2D eigenvalue weighted by molar-refractivity contribution is -0.139. The van der Waals surface area contributed by atoms with E-state index in [9.17, 15) is 9.59 Å². The Hall–Kier alpha value is -2.21. The summed E-state index contributed by atoms with van der Waals surface area (Å²) in [6.45, 7) is 0. The van der Waals surface area contributed by atoms with Crippen LogP contribution in [0.4, 0.5) is 0 Å². The van der Waals surface area contributed by atoms with Crippen LogP contribution in [0, 0.1) is 0 Å². The third kappa shape index (κ3) is 2.72. The number of carbonyl (C=O) groups is 2. The van der Waals surface area contributed by atoms with Gasteiger partial charge in [-0.25, -0.2) is 9.78 Å². The SMILES string of the molecule is O=C(N[C@@H](C(=O)O)c1ccccc1)c1cscn1. The molecular weight excluding hydrogens is 252 g/mol. The number of benzene rings is 1. The van der Waals surface area contributed by atoms with E-state index in [4.69, 9.17) is 5.11 Å².